The molecule has 0 saturated carbocycles. The molecule has 6 nitrogen and oxygen atoms in total. The summed E-state index contributed by atoms with van der Waals surface area (Å²) in [6.45, 7) is 3.49. The van der Waals surface area contributed by atoms with Gasteiger partial charge in [0.2, 0.25) is 0 Å². The lowest BCUT2D eigenvalue weighted by molar-refractivity contribution is -0.137. The third-order valence-electron chi connectivity index (χ3n) is 3.01. The van der Waals surface area contributed by atoms with Crippen molar-refractivity contribution in [1.82, 2.24) is 10.6 Å². The minimum Gasteiger partial charge on any atom is -0.491 e. The number of alkyl halides is 3. The Kier molecular flexibility index (Phi) is 12.3. The summed E-state index contributed by atoms with van der Waals surface area (Å²) in [5.74, 6) is 0.556. The van der Waals surface area contributed by atoms with E-state index in [0.29, 0.717) is 25.7 Å². The van der Waals surface area contributed by atoms with Crippen molar-refractivity contribution >= 4 is 29.9 Å². The number of benzene rings is 1. The van der Waals surface area contributed by atoms with Gasteiger partial charge in [0.25, 0.3) is 0 Å². The molecular formula is C16H25F3IN3O3. The molecule has 0 heterocycles. The molecule has 0 amide bonds. The largest absolute Gasteiger partial charge is 0.491 e. The van der Waals surface area contributed by atoms with Crippen molar-refractivity contribution in [3.63, 3.8) is 0 Å². The first-order valence-electron chi connectivity index (χ1n) is 7.86. The monoisotopic (exact) mass is 491 g/mol. The first-order chi connectivity index (χ1) is 11.9. The first kappa shape index (κ1) is 24.7. The first-order valence-corrected chi connectivity index (χ1v) is 7.86. The Morgan fingerprint density at radius 1 is 1.31 bits per heavy atom. The highest BCUT2D eigenvalue weighted by Crippen LogP contribution is 2.31. The number of halogens is 4. The van der Waals surface area contributed by atoms with Crippen molar-refractivity contribution in [3.8, 4) is 5.75 Å². The average molecular weight is 491 g/mol. The van der Waals surface area contributed by atoms with Gasteiger partial charge < -0.3 is 25.2 Å². The zero-order valence-electron chi connectivity index (χ0n) is 14.7. The van der Waals surface area contributed by atoms with Crippen LogP contribution in [0.1, 0.15) is 12.5 Å². The van der Waals surface area contributed by atoms with Crippen LogP contribution >= 0.6 is 24.0 Å². The summed E-state index contributed by atoms with van der Waals surface area (Å²) in [7, 11) is 1.58. The van der Waals surface area contributed by atoms with E-state index in [1.807, 2.05) is 6.92 Å². The number of rotatable bonds is 9. The summed E-state index contributed by atoms with van der Waals surface area (Å²) < 4.78 is 48.0. The van der Waals surface area contributed by atoms with Gasteiger partial charge in [-0.3, -0.25) is 4.99 Å². The molecule has 1 aromatic carbocycles. The van der Waals surface area contributed by atoms with Gasteiger partial charge >= 0.3 is 6.18 Å². The molecule has 0 fully saturated rings. The summed E-state index contributed by atoms with van der Waals surface area (Å²) >= 11 is 0. The highest BCUT2D eigenvalue weighted by Gasteiger charge is 2.30. The van der Waals surface area contributed by atoms with Crippen LogP contribution in [0.2, 0.25) is 0 Å². The molecular weight excluding hydrogens is 466 g/mol. The van der Waals surface area contributed by atoms with Crippen LogP contribution < -0.4 is 15.4 Å². The van der Waals surface area contributed by atoms with E-state index < -0.39 is 17.8 Å². The second kappa shape index (κ2) is 13.0. The SMILES string of the molecule is CCNC(=NCC(O)COc1cccc(C(F)(F)F)c1)NCCOC.I. The molecule has 10 heteroatoms. The second-order valence-corrected chi connectivity index (χ2v) is 5.13. The van der Waals surface area contributed by atoms with E-state index in [9.17, 15) is 18.3 Å². The third-order valence-corrected chi connectivity index (χ3v) is 3.01. The Morgan fingerprint density at radius 3 is 2.65 bits per heavy atom. The lowest BCUT2D eigenvalue weighted by atomic mass is 10.2. The molecule has 1 aromatic rings. The number of aliphatic hydroxyl groups excluding tert-OH is 1. The number of guanidine groups is 1. The molecule has 1 rings (SSSR count). The normalized spacial score (nSPS) is 12.9. The topological polar surface area (TPSA) is 75.1 Å². The molecule has 1 unspecified atom stereocenters. The molecule has 3 N–H and O–H groups in total. The lowest BCUT2D eigenvalue weighted by Crippen LogP contribution is -2.39. The molecule has 0 saturated heterocycles. The van der Waals surface area contributed by atoms with Crippen LogP contribution in [0, 0.1) is 0 Å². The zero-order valence-corrected chi connectivity index (χ0v) is 17.0. The Morgan fingerprint density at radius 2 is 2.04 bits per heavy atom. The maximum Gasteiger partial charge on any atom is 0.416 e. The zero-order chi connectivity index (χ0) is 18.7. The summed E-state index contributed by atoms with van der Waals surface area (Å²) in [6, 6.07) is 4.52. The number of aliphatic imine (C=N–C) groups is 1. The summed E-state index contributed by atoms with van der Waals surface area (Å²) in [6.07, 6.45) is -5.39. The predicted octanol–water partition coefficient (Wildman–Crippen LogP) is 2.26. The van der Waals surface area contributed by atoms with Gasteiger partial charge in [0.1, 0.15) is 18.5 Å². The van der Waals surface area contributed by atoms with Crippen molar-refractivity contribution < 1.29 is 27.8 Å². The standard InChI is InChI=1S/C16H24F3N3O3.HI/c1-3-20-15(21-7-8-24-2)22-10-13(23)11-25-14-6-4-5-12(9-14)16(17,18)19;/h4-6,9,13,23H,3,7-8,10-11H2,1-2H3,(H2,20,21,22);1H. The van der Waals surface area contributed by atoms with Gasteiger partial charge in [-0.1, -0.05) is 6.07 Å². The van der Waals surface area contributed by atoms with Crippen molar-refractivity contribution in [2.75, 3.05) is 40.0 Å². The van der Waals surface area contributed by atoms with Crippen molar-refractivity contribution in [1.29, 1.82) is 0 Å². The molecule has 0 aromatic heterocycles. The number of nitrogens with one attached hydrogen (secondary N) is 2. The Hall–Kier alpha value is -1.27. The number of ether oxygens (including phenoxy) is 2. The molecule has 0 aliphatic heterocycles. The van der Waals surface area contributed by atoms with Gasteiger partial charge in [0.05, 0.1) is 18.7 Å². The second-order valence-electron chi connectivity index (χ2n) is 5.13. The number of methoxy groups -OCH3 is 1. The minimum atomic E-state index is -4.43. The van der Waals surface area contributed by atoms with Crippen LogP contribution in [-0.2, 0) is 10.9 Å². The smallest absolute Gasteiger partial charge is 0.416 e. The van der Waals surface area contributed by atoms with Crippen molar-refractivity contribution in [2.45, 2.75) is 19.2 Å². The Bertz CT molecular complexity index is 545. The van der Waals surface area contributed by atoms with Crippen LogP contribution in [0.5, 0.6) is 5.75 Å². The third kappa shape index (κ3) is 10.0. The number of aliphatic hydroxyl groups is 1. The maximum atomic E-state index is 12.6. The fourth-order valence-corrected chi connectivity index (χ4v) is 1.82. The average Bonchev–Trinajstić information content (AvgIpc) is 2.57. The summed E-state index contributed by atoms with van der Waals surface area (Å²) in [5, 5.41) is 15.9. The molecule has 26 heavy (non-hydrogen) atoms. The van der Waals surface area contributed by atoms with Crippen LogP contribution in [0.15, 0.2) is 29.3 Å². The number of hydrogen-bond acceptors (Lipinski definition) is 4. The fourth-order valence-electron chi connectivity index (χ4n) is 1.82. The minimum absolute atomic E-state index is 0. The fraction of sp³-hybridized carbons (Fsp3) is 0.562. The summed E-state index contributed by atoms with van der Waals surface area (Å²) in [5.41, 5.74) is -0.797. The van der Waals surface area contributed by atoms with E-state index in [4.69, 9.17) is 9.47 Å². The van der Waals surface area contributed by atoms with Gasteiger partial charge in [-0.15, -0.1) is 24.0 Å². The highest BCUT2D eigenvalue weighted by molar-refractivity contribution is 14.0. The van der Waals surface area contributed by atoms with Gasteiger partial charge in [0, 0.05) is 20.2 Å². The van der Waals surface area contributed by atoms with Crippen LogP contribution in [-0.4, -0.2) is 57.1 Å². The quantitative estimate of drug-likeness (QED) is 0.214. The molecule has 150 valence electrons. The molecule has 1 atom stereocenters. The van der Waals surface area contributed by atoms with Crippen LogP contribution in [0.3, 0.4) is 0 Å². The van der Waals surface area contributed by atoms with Crippen LogP contribution in [0.25, 0.3) is 0 Å². The summed E-state index contributed by atoms with van der Waals surface area (Å²) in [4.78, 5) is 4.18. The van der Waals surface area contributed by atoms with E-state index in [1.54, 1.807) is 7.11 Å². The van der Waals surface area contributed by atoms with E-state index in [1.165, 1.54) is 12.1 Å². The highest BCUT2D eigenvalue weighted by atomic mass is 127. The molecule has 0 spiro atoms. The number of hydrogen-bond donors (Lipinski definition) is 3. The Labute approximate surface area is 168 Å². The maximum absolute atomic E-state index is 12.6. The van der Waals surface area contributed by atoms with Gasteiger partial charge in [-0.2, -0.15) is 13.2 Å². The molecule has 0 aliphatic carbocycles. The van der Waals surface area contributed by atoms with Gasteiger partial charge in [-0.05, 0) is 25.1 Å². The molecule has 0 radical (unpaired) electrons. The molecule has 0 bridgehead atoms. The van der Waals surface area contributed by atoms with E-state index in [0.717, 1.165) is 12.1 Å². The lowest BCUT2D eigenvalue weighted by Gasteiger charge is -2.14. The molecule has 0 aliphatic rings. The van der Waals surface area contributed by atoms with Crippen LogP contribution in [0.4, 0.5) is 13.2 Å². The number of nitrogens with zero attached hydrogens (tertiary/aromatic N) is 1. The van der Waals surface area contributed by atoms with E-state index >= 15 is 0 Å². The van der Waals surface area contributed by atoms with Crippen molar-refractivity contribution in [2.24, 2.45) is 4.99 Å². The Balaban J connectivity index is 0.00000625. The van der Waals surface area contributed by atoms with Crippen molar-refractivity contribution in [3.05, 3.63) is 29.8 Å². The van der Waals surface area contributed by atoms with E-state index in [-0.39, 0.29) is 42.9 Å². The van der Waals surface area contributed by atoms with Gasteiger partial charge in [0.15, 0.2) is 5.96 Å². The van der Waals surface area contributed by atoms with E-state index in [2.05, 4.69) is 15.6 Å². The van der Waals surface area contributed by atoms with Gasteiger partial charge in [-0.25, -0.2) is 0 Å². The predicted molar refractivity (Wildman–Crippen MR) is 104 cm³/mol.